The Balaban J connectivity index is 2.59. The van der Waals surface area contributed by atoms with Crippen LogP contribution in [-0.4, -0.2) is 42.0 Å². The van der Waals surface area contributed by atoms with E-state index in [1.165, 1.54) is 10.2 Å². The van der Waals surface area contributed by atoms with Crippen molar-refractivity contribution in [2.45, 2.75) is 58.0 Å². The molecule has 1 fully saturated rings. The maximum Gasteiger partial charge on any atom is 0.457 e. The summed E-state index contributed by atoms with van der Waals surface area (Å²) < 4.78 is 41.7. The molecular formula is C12H21F3N2O2. The number of likely N-dealkylation sites (tertiary alicyclic amines) is 1. The fourth-order valence-electron chi connectivity index (χ4n) is 2.01. The summed E-state index contributed by atoms with van der Waals surface area (Å²) in [5.41, 5.74) is -0.642. The Morgan fingerprint density at radius 1 is 1.32 bits per heavy atom. The molecule has 1 atom stereocenters. The number of hydrogen-bond donors (Lipinski definition) is 1. The van der Waals surface area contributed by atoms with Gasteiger partial charge in [0.2, 0.25) is 0 Å². The number of carbonyl (C=O) groups excluding carboxylic acids is 1. The fraction of sp³-hybridized carbons (Fsp3) is 0.917. The fourth-order valence-corrected chi connectivity index (χ4v) is 2.01. The van der Waals surface area contributed by atoms with E-state index < -0.39 is 24.0 Å². The molecule has 0 radical (unpaired) electrons. The van der Waals surface area contributed by atoms with Crippen molar-refractivity contribution < 1.29 is 22.7 Å². The highest BCUT2D eigenvalue weighted by molar-refractivity contribution is 5.68. The van der Waals surface area contributed by atoms with Crippen molar-refractivity contribution in [3.05, 3.63) is 0 Å². The number of hydrogen-bond acceptors (Lipinski definition) is 3. The van der Waals surface area contributed by atoms with Crippen molar-refractivity contribution in [1.82, 2.24) is 10.2 Å². The summed E-state index contributed by atoms with van der Waals surface area (Å²) in [6.45, 7) is 5.36. The number of carbonyl (C=O) groups is 1. The number of alkyl halides is 3. The lowest BCUT2D eigenvalue weighted by Crippen LogP contribution is -2.52. The van der Waals surface area contributed by atoms with E-state index in [1.807, 2.05) is 0 Å². The first-order valence-corrected chi connectivity index (χ1v) is 6.40. The molecular weight excluding hydrogens is 261 g/mol. The molecule has 19 heavy (non-hydrogen) atoms. The predicted molar refractivity (Wildman–Crippen MR) is 64.6 cm³/mol. The minimum atomic E-state index is -4.42. The van der Waals surface area contributed by atoms with Gasteiger partial charge in [-0.25, -0.2) is 10.1 Å². The molecule has 0 aromatic carbocycles. The van der Waals surface area contributed by atoms with Crippen LogP contribution in [0.15, 0.2) is 0 Å². The molecule has 0 spiro atoms. The van der Waals surface area contributed by atoms with Crippen LogP contribution < -0.4 is 5.32 Å². The lowest BCUT2D eigenvalue weighted by Gasteiger charge is -2.37. The summed E-state index contributed by atoms with van der Waals surface area (Å²) in [4.78, 5) is 13.3. The second-order valence-corrected chi connectivity index (χ2v) is 5.70. The molecule has 0 aromatic rings. The largest absolute Gasteiger partial charge is 0.457 e. The van der Waals surface area contributed by atoms with Crippen molar-refractivity contribution >= 4 is 6.09 Å². The van der Waals surface area contributed by atoms with Gasteiger partial charge in [-0.15, -0.1) is 0 Å². The first-order chi connectivity index (χ1) is 8.58. The van der Waals surface area contributed by atoms with Gasteiger partial charge in [-0.2, -0.15) is 13.2 Å². The van der Waals surface area contributed by atoms with Crippen LogP contribution in [0.4, 0.5) is 18.0 Å². The van der Waals surface area contributed by atoms with Gasteiger partial charge in [0.05, 0.1) is 0 Å². The molecule has 1 amide bonds. The average Bonchev–Trinajstić information content (AvgIpc) is 2.23. The quantitative estimate of drug-likeness (QED) is 0.792. The number of amides is 1. The van der Waals surface area contributed by atoms with Crippen LogP contribution in [0.5, 0.6) is 0 Å². The molecule has 4 nitrogen and oxygen atoms in total. The van der Waals surface area contributed by atoms with Crippen molar-refractivity contribution in [2.24, 2.45) is 0 Å². The Bertz CT molecular complexity index is 313. The number of piperidine rings is 1. The van der Waals surface area contributed by atoms with Crippen molar-refractivity contribution in [1.29, 1.82) is 0 Å². The Labute approximate surface area is 111 Å². The standard InChI is InChI=1S/C12H21F3N2O2/c1-11(2,3)19-10(18)17-7-5-4-6-9(17)8-16-12(13,14)15/h9,16H,4-8H2,1-3H3. The molecule has 1 heterocycles. The summed E-state index contributed by atoms with van der Waals surface area (Å²) in [5.74, 6) is 0. The highest BCUT2D eigenvalue weighted by Gasteiger charge is 2.34. The van der Waals surface area contributed by atoms with E-state index in [-0.39, 0.29) is 6.54 Å². The lowest BCUT2D eigenvalue weighted by molar-refractivity contribution is -0.159. The summed E-state index contributed by atoms with van der Waals surface area (Å²) in [6.07, 6.45) is -2.79. The monoisotopic (exact) mass is 282 g/mol. The lowest BCUT2D eigenvalue weighted by atomic mass is 10.0. The third kappa shape index (κ3) is 6.13. The molecule has 0 aliphatic carbocycles. The summed E-state index contributed by atoms with van der Waals surface area (Å²) >= 11 is 0. The van der Waals surface area contributed by atoms with Gasteiger partial charge in [0.25, 0.3) is 0 Å². The van der Waals surface area contributed by atoms with E-state index in [0.29, 0.717) is 13.0 Å². The molecule has 112 valence electrons. The molecule has 1 aliphatic heterocycles. The van der Waals surface area contributed by atoms with Crippen LogP contribution in [0.3, 0.4) is 0 Å². The van der Waals surface area contributed by atoms with Crippen LogP contribution in [0, 0.1) is 0 Å². The highest BCUT2D eigenvalue weighted by atomic mass is 19.4. The third-order valence-corrected chi connectivity index (χ3v) is 2.79. The molecule has 1 rings (SSSR count). The first kappa shape index (κ1) is 16.1. The summed E-state index contributed by atoms with van der Waals surface area (Å²) in [7, 11) is 0. The zero-order valence-electron chi connectivity index (χ0n) is 11.5. The minimum Gasteiger partial charge on any atom is -0.444 e. The molecule has 7 heteroatoms. The van der Waals surface area contributed by atoms with Gasteiger partial charge >= 0.3 is 12.4 Å². The van der Waals surface area contributed by atoms with Crippen molar-refractivity contribution in [2.75, 3.05) is 13.1 Å². The zero-order valence-corrected chi connectivity index (χ0v) is 11.5. The van der Waals surface area contributed by atoms with Gasteiger partial charge in [-0.05, 0) is 40.0 Å². The topological polar surface area (TPSA) is 41.6 Å². The van der Waals surface area contributed by atoms with E-state index >= 15 is 0 Å². The number of halogens is 3. The van der Waals surface area contributed by atoms with Crippen molar-refractivity contribution in [3.63, 3.8) is 0 Å². The van der Waals surface area contributed by atoms with E-state index in [0.717, 1.165) is 12.8 Å². The number of ether oxygens (including phenoxy) is 1. The number of nitrogens with zero attached hydrogens (tertiary/aromatic N) is 1. The molecule has 0 saturated carbocycles. The highest BCUT2D eigenvalue weighted by Crippen LogP contribution is 2.21. The van der Waals surface area contributed by atoms with Crippen LogP contribution in [0.25, 0.3) is 0 Å². The van der Waals surface area contributed by atoms with Gasteiger partial charge in [0.1, 0.15) is 5.60 Å². The van der Waals surface area contributed by atoms with Gasteiger partial charge in [-0.3, -0.25) is 0 Å². The molecule has 1 N–H and O–H groups in total. The molecule has 0 aromatic heterocycles. The van der Waals surface area contributed by atoms with E-state index in [2.05, 4.69) is 0 Å². The van der Waals surface area contributed by atoms with Gasteiger partial charge in [0.15, 0.2) is 0 Å². The maximum atomic E-state index is 12.2. The Kier molecular flexibility index (Phi) is 5.06. The smallest absolute Gasteiger partial charge is 0.444 e. The zero-order chi connectivity index (χ0) is 14.7. The number of rotatable bonds is 2. The Morgan fingerprint density at radius 2 is 1.95 bits per heavy atom. The molecule has 1 unspecified atom stereocenters. The summed E-state index contributed by atoms with van der Waals surface area (Å²) in [5, 5.41) is 1.49. The molecule has 1 aliphatic rings. The van der Waals surface area contributed by atoms with E-state index in [9.17, 15) is 18.0 Å². The van der Waals surface area contributed by atoms with Gasteiger partial charge < -0.3 is 9.64 Å². The van der Waals surface area contributed by atoms with Crippen LogP contribution in [-0.2, 0) is 4.74 Å². The van der Waals surface area contributed by atoms with Crippen LogP contribution >= 0.6 is 0 Å². The molecule has 0 bridgehead atoms. The Hall–Kier alpha value is -0.980. The Morgan fingerprint density at radius 3 is 2.47 bits per heavy atom. The molecule has 1 saturated heterocycles. The minimum absolute atomic E-state index is 0.289. The maximum absolute atomic E-state index is 12.2. The second kappa shape index (κ2) is 5.98. The number of nitrogens with one attached hydrogen (secondary N) is 1. The summed E-state index contributed by atoms with van der Waals surface area (Å²) in [6, 6.07) is -0.467. The second-order valence-electron chi connectivity index (χ2n) is 5.70. The van der Waals surface area contributed by atoms with Crippen LogP contribution in [0.2, 0.25) is 0 Å². The first-order valence-electron chi connectivity index (χ1n) is 6.40. The third-order valence-electron chi connectivity index (χ3n) is 2.79. The normalized spacial score (nSPS) is 21.4. The van der Waals surface area contributed by atoms with Gasteiger partial charge in [-0.1, -0.05) is 0 Å². The van der Waals surface area contributed by atoms with E-state index in [1.54, 1.807) is 20.8 Å². The van der Waals surface area contributed by atoms with Crippen LogP contribution in [0.1, 0.15) is 40.0 Å². The van der Waals surface area contributed by atoms with Gasteiger partial charge in [0, 0.05) is 19.1 Å². The predicted octanol–water partition coefficient (Wildman–Crippen LogP) is 2.89. The SMILES string of the molecule is CC(C)(C)OC(=O)N1CCCCC1CNC(F)(F)F. The van der Waals surface area contributed by atoms with Crippen molar-refractivity contribution in [3.8, 4) is 0 Å². The van der Waals surface area contributed by atoms with E-state index in [4.69, 9.17) is 4.74 Å². The average molecular weight is 282 g/mol.